The molecule has 1 nitrogen and oxygen atoms in total. The molecule has 0 spiro atoms. The molecule has 0 amide bonds. The molecule has 12 heavy (non-hydrogen) atoms. The molecule has 1 aromatic rings. The predicted octanol–water partition coefficient (Wildman–Crippen LogP) is 3.45. The molecule has 0 N–H and O–H groups in total. The third-order valence-electron chi connectivity index (χ3n) is 1.98. The lowest BCUT2D eigenvalue weighted by atomic mass is 10.1. The Labute approximate surface area is 88.5 Å². The molecular formula is C9H9IOS. The number of hydrogen-bond acceptors (Lipinski definition) is 2. The van der Waals surface area contributed by atoms with E-state index in [-0.39, 0.29) is 0 Å². The minimum absolute atomic E-state index is 0.876. The summed E-state index contributed by atoms with van der Waals surface area (Å²) in [6.45, 7) is 0.876. The molecule has 0 saturated carbocycles. The molecule has 1 heterocycles. The number of ether oxygens (including phenoxy) is 1. The molecule has 0 aromatic heterocycles. The van der Waals surface area contributed by atoms with Crippen LogP contribution in [0.5, 0.6) is 5.75 Å². The third kappa shape index (κ3) is 1.57. The summed E-state index contributed by atoms with van der Waals surface area (Å²) in [7, 11) is 1.73. The zero-order valence-corrected chi connectivity index (χ0v) is 9.52. The molecule has 64 valence electrons. The molecule has 2 rings (SSSR count). The van der Waals surface area contributed by atoms with Crippen LogP contribution in [0.1, 0.15) is 12.0 Å². The first-order valence-corrected chi connectivity index (χ1v) is 7.31. The molecule has 0 fully saturated rings. The molecule has 1 aliphatic rings. The van der Waals surface area contributed by atoms with E-state index in [1.807, 2.05) is 0 Å². The van der Waals surface area contributed by atoms with E-state index in [1.165, 1.54) is 16.9 Å². The van der Waals surface area contributed by atoms with Crippen molar-refractivity contribution < 1.29 is 4.74 Å². The predicted molar refractivity (Wildman–Crippen MR) is 60.1 cm³/mol. The highest BCUT2D eigenvalue weighted by Gasteiger charge is 2.13. The highest BCUT2D eigenvalue weighted by Crippen LogP contribution is 2.38. The number of benzene rings is 1. The van der Waals surface area contributed by atoms with Crippen molar-refractivity contribution in [2.75, 3.05) is 6.61 Å². The summed E-state index contributed by atoms with van der Waals surface area (Å²) in [4.78, 5) is 1.26. The summed E-state index contributed by atoms with van der Waals surface area (Å²) in [5, 5.41) is 0. The highest BCUT2D eigenvalue weighted by atomic mass is 127. The largest absolute Gasteiger partial charge is 0.492 e. The molecule has 0 unspecified atom stereocenters. The second-order valence-corrected chi connectivity index (χ2v) is 4.69. The summed E-state index contributed by atoms with van der Waals surface area (Å²) < 4.78 is 5.62. The van der Waals surface area contributed by atoms with Gasteiger partial charge in [-0.25, -0.2) is 0 Å². The molecular weight excluding hydrogens is 283 g/mol. The maximum absolute atomic E-state index is 5.62. The Morgan fingerprint density at radius 1 is 1.42 bits per heavy atom. The fraction of sp³-hybridized carbons (Fsp3) is 0.333. The fourth-order valence-corrected chi connectivity index (χ4v) is 2.85. The van der Waals surface area contributed by atoms with Gasteiger partial charge in [-0.2, -0.15) is 0 Å². The Bertz CT molecular complexity index is 274. The minimum atomic E-state index is 0.876. The van der Waals surface area contributed by atoms with Gasteiger partial charge in [0.2, 0.25) is 0 Å². The van der Waals surface area contributed by atoms with Crippen molar-refractivity contribution in [2.45, 2.75) is 17.7 Å². The smallest absolute Gasteiger partial charge is 0.136 e. The summed E-state index contributed by atoms with van der Waals surface area (Å²) in [6.07, 6.45) is 2.32. The number of rotatable bonds is 1. The normalized spacial score (nSPS) is 15.1. The van der Waals surface area contributed by atoms with Crippen LogP contribution >= 0.6 is 30.1 Å². The summed E-state index contributed by atoms with van der Waals surface area (Å²) in [5.41, 5.74) is 1.36. The van der Waals surface area contributed by atoms with E-state index in [2.05, 4.69) is 39.4 Å². The number of aryl methyl sites for hydroxylation is 1. The average Bonchev–Trinajstić information content (AvgIpc) is 2.17. The molecule has 0 aliphatic carbocycles. The van der Waals surface area contributed by atoms with Gasteiger partial charge in [-0.3, -0.25) is 0 Å². The Morgan fingerprint density at radius 3 is 3.17 bits per heavy atom. The van der Waals surface area contributed by atoms with Gasteiger partial charge in [-0.1, -0.05) is 12.1 Å². The maximum Gasteiger partial charge on any atom is 0.136 e. The second kappa shape index (κ2) is 3.87. The van der Waals surface area contributed by atoms with E-state index in [0.29, 0.717) is 0 Å². The van der Waals surface area contributed by atoms with Gasteiger partial charge in [0.25, 0.3) is 0 Å². The van der Waals surface area contributed by atoms with Gasteiger partial charge in [0.05, 0.1) is 11.5 Å². The molecule has 0 bridgehead atoms. The number of fused-ring (bicyclic) bond motifs is 1. The minimum Gasteiger partial charge on any atom is -0.492 e. The Balaban J connectivity index is 2.44. The SMILES string of the molecule is ISc1cccc2c1OCCC2. The monoisotopic (exact) mass is 292 g/mol. The molecule has 1 aliphatic heterocycles. The standard InChI is InChI=1S/C9H9IOS/c10-12-8-5-1-3-7-4-2-6-11-9(7)8/h1,3,5H,2,4,6H2. The van der Waals surface area contributed by atoms with Crippen LogP contribution in [0.4, 0.5) is 0 Å². The van der Waals surface area contributed by atoms with Crippen LogP contribution in [0, 0.1) is 0 Å². The number of halogens is 1. The van der Waals surface area contributed by atoms with Gasteiger partial charge >= 0.3 is 0 Å². The Kier molecular flexibility index (Phi) is 2.80. The molecule has 0 radical (unpaired) electrons. The lowest BCUT2D eigenvalue weighted by Gasteiger charge is -2.18. The van der Waals surface area contributed by atoms with E-state index in [4.69, 9.17) is 4.74 Å². The number of para-hydroxylation sites is 1. The fourth-order valence-electron chi connectivity index (χ4n) is 1.42. The first-order valence-electron chi connectivity index (χ1n) is 3.95. The summed E-state index contributed by atoms with van der Waals surface area (Å²) in [5.74, 6) is 1.11. The third-order valence-corrected chi connectivity index (χ3v) is 3.89. The Morgan fingerprint density at radius 2 is 2.33 bits per heavy atom. The topological polar surface area (TPSA) is 9.23 Å². The van der Waals surface area contributed by atoms with Crippen LogP contribution in [0.15, 0.2) is 23.1 Å². The second-order valence-electron chi connectivity index (χ2n) is 2.77. The first-order chi connectivity index (χ1) is 5.92. The summed E-state index contributed by atoms with van der Waals surface area (Å²) >= 11 is 2.30. The van der Waals surface area contributed by atoms with Gasteiger partial charge in [0.1, 0.15) is 5.75 Å². The zero-order chi connectivity index (χ0) is 8.39. The molecule has 1 aromatic carbocycles. The van der Waals surface area contributed by atoms with Crippen molar-refractivity contribution in [3.63, 3.8) is 0 Å². The number of hydrogen-bond donors (Lipinski definition) is 0. The van der Waals surface area contributed by atoms with Crippen LogP contribution in [0.3, 0.4) is 0 Å². The molecule has 3 heteroatoms. The van der Waals surface area contributed by atoms with Crippen LogP contribution in [0.2, 0.25) is 0 Å². The van der Waals surface area contributed by atoms with Crippen molar-refractivity contribution in [3.8, 4) is 5.75 Å². The van der Waals surface area contributed by atoms with Crippen molar-refractivity contribution in [2.24, 2.45) is 0 Å². The van der Waals surface area contributed by atoms with E-state index in [9.17, 15) is 0 Å². The average molecular weight is 292 g/mol. The van der Waals surface area contributed by atoms with Crippen LogP contribution in [-0.2, 0) is 6.42 Å². The van der Waals surface area contributed by atoms with Gasteiger partial charge in [-0.05, 0) is 33.4 Å². The lowest BCUT2D eigenvalue weighted by molar-refractivity contribution is 0.281. The highest BCUT2D eigenvalue weighted by molar-refractivity contribution is 14.2. The van der Waals surface area contributed by atoms with E-state index < -0.39 is 0 Å². The van der Waals surface area contributed by atoms with Crippen molar-refractivity contribution in [1.29, 1.82) is 0 Å². The van der Waals surface area contributed by atoms with Gasteiger partial charge in [-0.15, -0.1) is 0 Å². The lowest BCUT2D eigenvalue weighted by Crippen LogP contribution is -2.08. The zero-order valence-electron chi connectivity index (χ0n) is 6.55. The van der Waals surface area contributed by atoms with Crippen molar-refractivity contribution in [1.82, 2.24) is 0 Å². The van der Waals surface area contributed by atoms with Crippen LogP contribution < -0.4 is 4.74 Å². The van der Waals surface area contributed by atoms with Crippen LogP contribution in [-0.4, -0.2) is 6.61 Å². The molecule has 0 saturated heterocycles. The van der Waals surface area contributed by atoms with Crippen molar-refractivity contribution in [3.05, 3.63) is 23.8 Å². The molecule has 0 atom stereocenters. The van der Waals surface area contributed by atoms with Gasteiger partial charge < -0.3 is 4.74 Å². The summed E-state index contributed by atoms with van der Waals surface area (Å²) in [6, 6.07) is 6.38. The van der Waals surface area contributed by atoms with E-state index in [0.717, 1.165) is 18.8 Å². The maximum atomic E-state index is 5.62. The van der Waals surface area contributed by atoms with Gasteiger partial charge in [0.15, 0.2) is 0 Å². The first kappa shape index (κ1) is 8.69. The Hall–Kier alpha value is 0.100. The van der Waals surface area contributed by atoms with Gasteiger partial charge in [0, 0.05) is 21.2 Å². The van der Waals surface area contributed by atoms with E-state index in [1.54, 1.807) is 8.93 Å². The van der Waals surface area contributed by atoms with E-state index >= 15 is 0 Å². The quantitative estimate of drug-likeness (QED) is 0.733. The van der Waals surface area contributed by atoms with Crippen molar-refractivity contribution >= 4 is 30.1 Å². The van der Waals surface area contributed by atoms with Crippen LogP contribution in [0.25, 0.3) is 0 Å².